The van der Waals surface area contributed by atoms with Crippen molar-refractivity contribution in [3.63, 3.8) is 0 Å². The summed E-state index contributed by atoms with van der Waals surface area (Å²) < 4.78 is 5.94. The molecule has 0 aromatic heterocycles. The molecule has 0 radical (unpaired) electrons. The minimum Gasteiger partial charge on any atom is -0.465 e. The number of carbonyl (C=O) groups is 2. The summed E-state index contributed by atoms with van der Waals surface area (Å²) in [7, 11) is 0. The molecule has 3 aromatic rings. The van der Waals surface area contributed by atoms with Gasteiger partial charge in [0.15, 0.2) is 0 Å². The highest BCUT2D eigenvalue weighted by atomic mass is 16.6. The van der Waals surface area contributed by atoms with Crippen molar-refractivity contribution in [1.29, 1.82) is 0 Å². The minimum atomic E-state index is -1.12. The number of nitro groups is 1. The van der Waals surface area contributed by atoms with E-state index in [1.54, 1.807) is 60.7 Å². The third kappa shape index (κ3) is 2.99. The molecule has 0 unspecified atom stereocenters. The summed E-state index contributed by atoms with van der Waals surface area (Å²) in [6.07, 6.45) is -1.12. The smallest absolute Gasteiger partial charge is 0.269 e. The Hall–Kier alpha value is -4.00. The fraction of sp³-hybridized carbons (Fsp3) is 0.0476. The van der Waals surface area contributed by atoms with Crippen LogP contribution in [0.4, 0.5) is 5.69 Å². The fourth-order valence-electron chi connectivity index (χ4n) is 3.08. The number of ether oxygens (including phenoxy) is 1. The zero-order valence-corrected chi connectivity index (χ0v) is 14.5. The molecule has 0 fully saturated rings. The lowest BCUT2D eigenvalue weighted by Gasteiger charge is -2.35. The van der Waals surface area contributed by atoms with E-state index < -0.39 is 23.0 Å². The van der Waals surface area contributed by atoms with Gasteiger partial charge in [0.25, 0.3) is 17.5 Å². The third-order valence-electron chi connectivity index (χ3n) is 4.42. The van der Waals surface area contributed by atoms with E-state index in [0.29, 0.717) is 16.9 Å². The molecule has 7 heteroatoms. The number of nitro benzene ring substituents is 1. The molecule has 1 heterocycles. The van der Waals surface area contributed by atoms with Gasteiger partial charge < -0.3 is 4.74 Å². The lowest BCUT2D eigenvalue weighted by molar-refractivity contribution is -0.385. The first-order valence-electron chi connectivity index (χ1n) is 8.49. The summed E-state index contributed by atoms with van der Waals surface area (Å²) in [5.41, 5.74) is 0.753. The summed E-state index contributed by atoms with van der Waals surface area (Å²) in [5.74, 6) is -0.745. The van der Waals surface area contributed by atoms with Crippen LogP contribution in [0, 0.1) is 10.1 Å². The van der Waals surface area contributed by atoms with Crippen LogP contribution in [0.15, 0.2) is 78.9 Å². The number of para-hydroxylation sites is 1. The van der Waals surface area contributed by atoms with Crippen LogP contribution in [0.1, 0.15) is 32.5 Å². The van der Waals surface area contributed by atoms with Crippen molar-refractivity contribution in [2.24, 2.45) is 0 Å². The summed E-state index contributed by atoms with van der Waals surface area (Å²) in [6.45, 7) is 0. The number of hydrogen-bond donors (Lipinski definition) is 0. The summed E-state index contributed by atoms with van der Waals surface area (Å²) in [6, 6.07) is 20.7. The maximum atomic E-state index is 13.1. The number of amides is 2. The van der Waals surface area contributed by atoms with Gasteiger partial charge in [0.1, 0.15) is 5.75 Å². The molecule has 1 aliphatic heterocycles. The predicted molar refractivity (Wildman–Crippen MR) is 99.8 cm³/mol. The highest BCUT2D eigenvalue weighted by Crippen LogP contribution is 2.36. The van der Waals surface area contributed by atoms with Gasteiger partial charge in [0.2, 0.25) is 6.23 Å². The summed E-state index contributed by atoms with van der Waals surface area (Å²) in [5, 5.41) is 11.2. The average Bonchev–Trinajstić information content (AvgIpc) is 2.74. The maximum absolute atomic E-state index is 13.1. The molecule has 2 amide bonds. The van der Waals surface area contributed by atoms with Gasteiger partial charge in [-0.25, -0.2) is 4.90 Å². The first-order chi connectivity index (χ1) is 13.6. The van der Waals surface area contributed by atoms with E-state index in [-0.39, 0.29) is 11.3 Å². The van der Waals surface area contributed by atoms with Crippen LogP contribution >= 0.6 is 0 Å². The Morgan fingerprint density at radius 2 is 1.68 bits per heavy atom. The van der Waals surface area contributed by atoms with Crippen molar-refractivity contribution in [1.82, 2.24) is 4.90 Å². The molecule has 28 heavy (non-hydrogen) atoms. The van der Waals surface area contributed by atoms with E-state index in [1.165, 1.54) is 18.2 Å². The Morgan fingerprint density at radius 1 is 0.964 bits per heavy atom. The minimum absolute atomic E-state index is 0.153. The molecule has 3 aromatic carbocycles. The van der Waals surface area contributed by atoms with Gasteiger partial charge in [-0.2, -0.15) is 0 Å². The molecule has 4 rings (SSSR count). The summed E-state index contributed by atoms with van der Waals surface area (Å²) >= 11 is 0. The first kappa shape index (κ1) is 17.4. The number of fused-ring (bicyclic) bond motifs is 1. The highest BCUT2D eigenvalue weighted by Gasteiger charge is 2.39. The van der Waals surface area contributed by atoms with Crippen LogP contribution < -0.4 is 4.74 Å². The van der Waals surface area contributed by atoms with E-state index >= 15 is 0 Å². The van der Waals surface area contributed by atoms with Crippen LogP contribution in [0.2, 0.25) is 0 Å². The molecule has 0 saturated carbocycles. The molecule has 0 bridgehead atoms. The molecular formula is C21H14N2O5. The number of hydrogen-bond acceptors (Lipinski definition) is 5. The van der Waals surface area contributed by atoms with Gasteiger partial charge in [0, 0.05) is 23.3 Å². The quantitative estimate of drug-likeness (QED) is 0.393. The van der Waals surface area contributed by atoms with Gasteiger partial charge in [0.05, 0.1) is 10.5 Å². The van der Waals surface area contributed by atoms with Crippen LogP contribution in [-0.2, 0) is 0 Å². The SMILES string of the molecule is O=C(c1ccccc1)N1C(=O)c2ccccc2O[C@H]1c1cccc([N+](=O)[O-])c1. The molecule has 0 aliphatic carbocycles. The number of nitrogens with zero attached hydrogens (tertiary/aromatic N) is 2. The average molecular weight is 374 g/mol. The molecule has 0 saturated heterocycles. The molecular weight excluding hydrogens is 360 g/mol. The molecule has 0 spiro atoms. The number of rotatable bonds is 3. The van der Waals surface area contributed by atoms with Gasteiger partial charge in [-0.15, -0.1) is 0 Å². The largest absolute Gasteiger partial charge is 0.465 e. The van der Waals surface area contributed by atoms with E-state index in [2.05, 4.69) is 0 Å². The fourth-order valence-corrected chi connectivity index (χ4v) is 3.08. The highest BCUT2D eigenvalue weighted by molar-refractivity contribution is 6.12. The predicted octanol–water partition coefficient (Wildman–Crippen LogP) is 3.97. The topological polar surface area (TPSA) is 89.8 Å². The third-order valence-corrected chi connectivity index (χ3v) is 4.42. The van der Waals surface area contributed by atoms with Crippen molar-refractivity contribution >= 4 is 17.5 Å². The van der Waals surface area contributed by atoms with E-state index in [1.807, 2.05) is 0 Å². The van der Waals surface area contributed by atoms with Crippen LogP contribution in [0.5, 0.6) is 5.75 Å². The number of imide groups is 1. The second-order valence-corrected chi connectivity index (χ2v) is 6.16. The van der Waals surface area contributed by atoms with E-state index in [9.17, 15) is 19.7 Å². The maximum Gasteiger partial charge on any atom is 0.269 e. The first-order valence-corrected chi connectivity index (χ1v) is 8.49. The van der Waals surface area contributed by atoms with Crippen LogP contribution in [-0.4, -0.2) is 21.6 Å². The van der Waals surface area contributed by atoms with Gasteiger partial charge in [-0.05, 0) is 24.3 Å². The molecule has 1 aliphatic rings. The normalized spacial score (nSPS) is 15.5. The Bertz CT molecular complexity index is 1080. The zero-order valence-electron chi connectivity index (χ0n) is 14.5. The second kappa shape index (κ2) is 6.96. The van der Waals surface area contributed by atoms with Crippen molar-refractivity contribution in [3.05, 3.63) is 106 Å². The number of carbonyl (C=O) groups excluding carboxylic acids is 2. The van der Waals surface area contributed by atoms with Gasteiger partial charge in [-0.1, -0.05) is 42.5 Å². The second-order valence-electron chi connectivity index (χ2n) is 6.16. The number of benzene rings is 3. The summed E-state index contributed by atoms with van der Waals surface area (Å²) in [4.78, 5) is 37.9. The lowest BCUT2D eigenvalue weighted by Crippen LogP contribution is -2.45. The Labute approximate surface area is 159 Å². The van der Waals surface area contributed by atoms with Crippen molar-refractivity contribution in [2.45, 2.75) is 6.23 Å². The molecule has 0 N–H and O–H groups in total. The van der Waals surface area contributed by atoms with E-state index in [4.69, 9.17) is 4.74 Å². The zero-order chi connectivity index (χ0) is 19.7. The Morgan fingerprint density at radius 3 is 2.43 bits per heavy atom. The Balaban J connectivity index is 1.84. The molecule has 138 valence electrons. The number of non-ortho nitro benzene ring substituents is 1. The monoisotopic (exact) mass is 374 g/mol. The lowest BCUT2D eigenvalue weighted by atomic mass is 10.0. The van der Waals surface area contributed by atoms with Crippen LogP contribution in [0.3, 0.4) is 0 Å². The molecule has 1 atom stereocenters. The van der Waals surface area contributed by atoms with Crippen molar-refractivity contribution in [2.75, 3.05) is 0 Å². The van der Waals surface area contributed by atoms with Gasteiger partial charge >= 0.3 is 0 Å². The molecule has 7 nitrogen and oxygen atoms in total. The van der Waals surface area contributed by atoms with Crippen molar-refractivity contribution in [3.8, 4) is 5.75 Å². The van der Waals surface area contributed by atoms with Crippen molar-refractivity contribution < 1.29 is 19.2 Å². The van der Waals surface area contributed by atoms with E-state index in [0.717, 1.165) is 4.90 Å². The Kier molecular flexibility index (Phi) is 4.33. The van der Waals surface area contributed by atoms with Gasteiger partial charge in [-0.3, -0.25) is 19.7 Å². The standard InChI is InChI=1S/C21H14N2O5/c24-19(14-7-2-1-3-8-14)22-20(25)17-11-4-5-12-18(17)28-21(22)15-9-6-10-16(13-15)23(26)27/h1-13,21H/t21-/m0/s1. The van der Waals surface area contributed by atoms with Crippen LogP contribution in [0.25, 0.3) is 0 Å².